The first-order valence-electron chi connectivity index (χ1n) is 9.79. The number of ketones is 2. The van der Waals surface area contributed by atoms with E-state index in [1.54, 1.807) is 65.2 Å². The molecule has 0 bridgehead atoms. The zero-order chi connectivity index (χ0) is 21.7. The number of anilines is 1. The number of benzene rings is 2. The van der Waals surface area contributed by atoms with Gasteiger partial charge < -0.3 is 5.32 Å². The topological polar surface area (TPSA) is 80.5 Å². The molecule has 7 heteroatoms. The lowest BCUT2D eigenvalue weighted by Gasteiger charge is -2.20. The molecule has 0 radical (unpaired) electrons. The summed E-state index contributed by atoms with van der Waals surface area (Å²) in [5, 5.41) is 3.29. The van der Waals surface area contributed by atoms with Gasteiger partial charge in [-0.25, -0.2) is 4.98 Å². The molecule has 152 valence electrons. The quantitative estimate of drug-likeness (QED) is 0.455. The number of carbonyl (C=O) groups is 3. The van der Waals surface area contributed by atoms with Gasteiger partial charge in [-0.3, -0.25) is 18.8 Å². The van der Waals surface area contributed by atoms with Gasteiger partial charge in [-0.05, 0) is 24.6 Å². The van der Waals surface area contributed by atoms with E-state index in [0.717, 1.165) is 0 Å². The normalized spacial score (nSPS) is 12.6. The third-order valence-electron chi connectivity index (χ3n) is 5.41. The van der Waals surface area contributed by atoms with E-state index < -0.39 is 5.91 Å². The molecule has 0 aliphatic heterocycles. The van der Waals surface area contributed by atoms with E-state index in [-0.39, 0.29) is 28.4 Å². The number of pyridine rings is 1. The fourth-order valence-corrected chi connectivity index (χ4v) is 4.15. The summed E-state index contributed by atoms with van der Waals surface area (Å²) in [5.41, 5.74) is 3.01. The number of hydrogen-bond donors (Lipinski definition) is 1. The van der Waals surface area contributed by atoms with Gasteiger partial charge in [0.25, 0.3) is 5.91 Å². The Kier molecular flexibility index (Phi) is 4.45. The number of halogens is 1. The highest BCUT2D eigenvalue weighted by atomic mass is 35.5. The predicted molar refractivity (Wildman–Crippen MR) is 117 cm³/mol. The average Bonchev–Trinajstić information content (AvgIpc) is 3.15. The van der Waals surface area contributed by atoms with Gasteiger partial charge in [-0.2, -0.15) is 0 Å². The zero-order valence-corrected chi connectivity index (χ0v) is 17.2. The molecule has 0 saturated carbocycles. The molecule has 0 fully saturated rings. The summed E-state index contributed by atoms with van der Waals surface area (Å²) in [7, 11) is 0. The lowest BCUT2D eigenvalue weighted by molar-refractivity contribution is 0.0978. The molecular formula is C24H16ClN3O3. The number of amides is 1. The number of fused-ring (bicyclic) bond motifs is 3. The zero-order valence-electron chi connectivity index (χ0n) is 16.5. The van der Waals surface area contributed by atoms with E-state index in [1.807, 2.05) is 6.92 Å². The molecule has 1 amide bonds. The predicted octanol–water partition coefficient (Wildman–Crippen LogP) is 4.58. The second kappa shape index (κ2) is 7.18. The van der Waals surface area contributed by atoms with E-state index in [1.165, 1.54) is 0 Å². The van der Waals surface area contributed by atoms with E-state index in [4.69, 9.17) is 11.6 Å². The molecular weight excluding hydrogens is 414 g/mol. The highest BCUT2D eigenvalue weighted by Gasteiger charge is 2.32. The van der Waals surface area contributed by atoms with Crippen LogP contribution in [-0.2, 0) is 6.42 Å². The Bertz CT molecular complexity index is 1420. The van der Waals surface area contributed by atoms with Gasteiger partial charge in [0, 0.05) is 22.9 Å². The Morgan fingerprint density at radius 3 is 2.42 bits per heavy atom. The van der Waals surface area contributed by atoms with Crippen molar-refractivity contribution in [2.45, 2.75) is 13.3 Å². The SMILES string of the molecule is CCc1nc2ccc(Cl)cn2c1C(=O)Nc1cccc2c1C(=O)c1ccccc1C2=O. The Balaban J connectivity index is 1.61. The monoisotopic (exact) mass is 429 g/mol. The number of hydrogen-bond acceptors (Lipinski definition) is 4. The standard InChI is InChI=1S/C24H16ClN3O3/c1-2-17-21(28-12-13(25)10-11-19(28)26-17)24(31)27-18-9-5-8-16-20(18)23(30)15-7-4-3-6-14(15)22(16)29/h3-12H,2H2,1H3,(H,27,31). The average molecular weight is 430 g/mol. The van der Waals surface area contributed by atoms with Crippen molar-refractivity contribution < 1.29 is 14.4 Å². The van der Waals surface area contributed by atoms with Crippen molar-refractivity contribution in [2.24, 2.45) is 0 Å². The smallest absolute Gasteiger partial charge is 0.274 e. The molecule has 0 atom stereocenters. The van der Waals surface area contributed by atoms with E-state index in [0.29, 0.717) is 39.6 Å². The molecule has 0 spiro atoms. The summed E-state index contributed by atoms with van der Waals surface area (Å²) in [5.74, 6) is -0.964. The molecule has 0 saturated heterocycles. The van der Waals surface area contributed by atoms with Crippen molar-refractivity contribution in [1.82, 2.24) is 9.38 Å². The van der Waals surface area contributed by atoms with E-state index in [9.17, 15) is 14.4 Å². The summed E-state index contributed by atoms with van der Waals surface area (Å²) >= 11 is 6.12. The summed E-state index contributed by atoms with van der Waals surface area (Å²) < 4.78 is 1.63. The van der Waals surface area contributed by atoms with Crippen LogP contribution in [0.25, 0.3) is 5.65 Å². The van der Waals surface area contributed by atoms with Crippen LogP contribution in [-0.4, -0.2) is 26.9 Å². The van der Waals surface area contributed by atoms with Crippen molar-refractivity contribution in [1.29, 1.82) is 0 Å². The number of imidazole rings is 1. The number of nitrogens with one attached hydrogen (secondary N) is 1. The van der Waals surface area contributed by atoms with E-state index in [2.05, 4.69) is 10.3 Å². The fourth-order valence-electron chi connectivity index (χ4n) is 3.99. The van der Waals surface area contributed by atoms with Crippen LogP contribution in [0.5, 0.6) is 0 Å². The second-order valence-corrected chi connectivity index (χ2v) is 7.66. The Morgan fingerprint density at radius 1 is 0.968 bits per heavy atom. The lowest BCUT2D eigenvalue weighted by Crippen LogP contribution is -2.24. The summed E-state index contributed by atoms with van der Waals surface area (Å²) in [4.78, 5) is 43.9. The molecule has 2 aromatic carbocycles. The maximum absolute atomic E-state index is 13.3. The molecule has 31 heavy (non-hydrogen) atoms. The molecule has 4 aromatic rings. The van der Waals surface area contributed by atoms with Gasteiger partial charge in [-0.15, -0.1) is 0 Å². The third-order valence-corrected chi connectivity index (χ3v) is 5.63. The van der Waals surface area contributed by atoms with Crippen molar-refractivity contribution >= 4 is 40.4 Å². The first-order chi connectivity index (χ1) is 15.0. The summed E-state index contributed by atoms with van der Waals surface area (Å²) in [6, 6.07) is 15.0. The van der Waals surface area contributed by atoms with Crippen LogP contribution < -0.4 is 5.32 Å². The first kappa shape index (κ1) is 19.2. The number of rotatable bonds is 3. The Morgan fingerprint density at radius 2 is 1.68 bits per heavy atom. The third kappa shape index (κ3) is 2.95. The van der Waals surface area contributed by atoms with Gasteiger partial charge in [-0.1, -0.05) is 54.9 Å². The van der Waals surface area contributed by atoms with Gasteiger partial charge >= 0.3 is 0 Å². The van der Waals surface area contributed by atoms with Crippen molar-refractivity contribution in [3.63, 3.8) is 0 Å². The van der Waals surface area contributed by atoms with Gasteiger partial charge in [0.2, 0.25) is 0 Å². The summed E-state index contributed by atoms with van der Waals surface area (Å²) in [6.45, 7) is 1.91. The molecule has 6 nitrogen and oxygen atoms in total. The molecule has 2 aromatic heterocycles. The minimum absolute atomic E-state index is 0.199. The molecule has 1 aliphatic carbocycles. The van der Waals surface area contributed by atoms with Crippen LogP contribution in [0.4, 0.5) is 5.69 Å². The first-order valence-corrected chi connectivity index (χ1v) is 10.2. The van der Waals surface area contributed by atoms with Gasteiger partial charge in [0.1, 0.15) is 11.3 Å². The number of aryl methyl sites for hydroxylation is 1. The molecule has 1 aliphatic rings. The van der Waals surface area contributed by atoms with E-state index >= 15 is 0 Å². The van der Waals surface area contributed by atoms with Crippen LogP contribution >= 0.6 is 11.6 Å². The van der Waals surface area contributed by atoms with Crippen LogP contribution in [0.3, 0.4) is 0 Å². The van der Waals surface area contributed by atoms with Gasteiger partial charge in [0.05, 0.1) is 22.0 Å². The van der Waals surface area contributed by atoms with Crippen LogP contribution in [0.2, 0.25) is 5.02 Å². The number of aromatic nitrogens is 2. The minimum atomic E-state index is -0.431. The molecule has 1 N–H and O–H groups in total. The Labute approximate surface area is 182 Å². The van der Waals surface area contributed by atoms with Crippen molar-refractivity contribution in [3.05, 3.63) is 99.5 Å². The lowest BCUT2D eigenvalue weighted by atomic mass is 9.83. The minimum Gasteiger partial charge on any atom is -0.320 e. The Hall–Kier alpha value is -3.77. The van der Waals surface area contributed by atoms with Crippen molar-refractivity contribution in [3.8, 4) is 0 Å². The van der Waals surface area contributed by atoms with Gasteiger partial charge in [0.15, 0.2) is 11.6 Å². The fraction of sp³-hybridized carbons (Fsp3) is 0.0833. The molecule has 2 heterocycles. The van der Waals surface area contributed by atoms with Crippen LogP contribution in [0.15, 0.2) is 60.8 Å². The molecule has 5 rings (SSSR count). The number of carbonyl (C=O) groups excluding carboxylic acids is 3. The summed E-state index contributed by atoms with van der Waals surface area (Å²) in [6.07, 6.45) is 2.17. The maximum atomic E-state index is 13.3. The second-order valence-electron chi connectivity index (χ2n) is 7.22. The molecule has 0 unspecified atom stereocenters. The largest absolute Gasteiger partial charge is 0.320 e. The maximum Gasteiger partial charge on any atom is 0.274 e. The van der Waals surface area contributed by atoms with Crippen LogP contribution in [0.1, 0.15) is 54.9 Å². The highest BCUT2D eigenvalue weighted by molar-refractivity contribution is 6.31. The van der Waals surface area contributed by atoms with Crippen LogP contribution in [0, 0.1) is 0 Å². The highest BCUT2D eigenvalue weighted by Crippen LogP contribution is 2.32. The number of nitrogens with zero attached hydrogens (tertiary/aromatic N) is 2. The van der Waals surface area contributed by atoms with Crippen molar-refractivity contribution in [2.75, 3.05) is 5.32 Å².